The Bertz CT molecular complexity index is 242. The van der Waals surface area contributed by atoms with Crippen LogP contribution in [0.5, 0.6) is 0 Å². The van der Waals surface area contributed by atoms with Crippen LogP contribution in [0.15, 0.2) is 16.6 Å². The van der Waals surface area contributed by atoms with Gasteiger partial charge in [-0.2, -0.15) is 0 Å². The summed E-state index contributed by atoms with van der Waals surface area (Å²) < 4.78 is 2.24. The van der Waals surface area contributed by atoms with Crippen LogP contribution in [0.3, 0.4) is 0 Å². The van der Waals surface area contributed by atoms with Crippen molar-refractivity contribution >= 4 is 56.6 Å². The summed E-state index contributed by atoms with van der Waals surface area (Å²) in [6.45, 7) is 2.02. The molecule has 11 heavy (non-hydrogen) atoms. The molecule has 0 aromatic heterocycles. The monoisotopic (exact) mass is 347 g/mol. The normalized spacial score (nSPS) is 9.00. The molecule has 0 amide bonds. The zero-order chi connectivity index (χ0) is 7.72. The van der Waals surface area contributed by atoms with E-state index in [1.54, 1.807) is 0 Å². The highest BCUT2D eigenvalue weighted by Crippen LogP contribution is 2.23. The van der Waals surface area contributed by atoms with Crippen LogP contribution in [0.2, 0.25) is 0 Å². The van der Waals surface area contributed by atoms with Crippen molar-refractivity contribution in [1.82, 2.24) is 0 Å². The van der Waals surface area contributed by atoms with Crippen LogP contribution >= 0.6 is 50.9 Å². The van der Waals surface area contributed by atoms with Gasteiger partial charge < -0.3 is 5.73 Å². The van der Waals surface area contributed by atoms with E-state index in [4.69, 9.17) is 5.73 Å². The van der Waals surface area contributed by atoms with Crippen LogP contribution in [-0.2, 0) is 0 Å². The van der Waals surface area contributed by atoms with Crippen LogP contribution in [0, 0.1) is 10.5 Å². The SMILES string of the molecule is Cc1c(N)cc(Br)cc1I.Cl. The van der Waals surface area contributed by atoms with Gasteiger partial charge in [0.05, 0.1) is 0 Å². The summed E-state index contributed by atoms with van der Waals surface area (Å²) in [6, 6.07) is 3.96. The van der Waals surface area contributed by atoms with E-state index in [2.05, 4.69) is 38.5 Å². The van der Waals surface area contributed by atoms with Crippen molar-refractivity contribution in [3.8, 4) is 0 Å². The van der Waals surface area contributed by atoms with Gasteiger partial charge in [-0.25, -0.2) is 0 Å². The van der Waals surface area contributed by atoms with E-state index in [1.807, 2.05) is 19.1 Å². The first-order valence-corrected chi connectivity index (χ1v) is 4.69. The fourth-order valence-electron chi connectivity index (χ4n) is 0.666. The van der Waals surface area contributed by atoms with E-state index in [-0.39, 0.29) is 12.4 Å². The molecule has 62 valence electrons. The summed E-state index contributed by atoms with van der Waals surface area (Å²) in [5.41, 5.74) is 7.69. The molecule has 4 heteroatoms. The Balaban J connectivity index is 0.000001000. The van der Waals surface area contributed by atoms with Crippen molar-refractivity contribution in [2.45, 2.75) is 6.92 Å². The number of hydrogen-bond donors (Lipinski definition) is 1. The van der Waals surface area contributed by atoms with Crippen molar-refractivity contribution in [1.29, 1.82) is 0 Å². The molecular formula is C7H8BrClIN. The largest absolute Gasteiger partial charge is 0.398 e. The average Bonchev–Trinajstić information content (AvgIpc) is 1.82. The summed E-state index contributed by atoms with van der Waals surface area (Å²) >= 11 is 5.63. The molecule has 0 spiro atoms. The molecule has 2 N–H and O–H groups in total. The molecule has 1 nitrogen and oxygen atoms in total. The van der Waals surface area contributed by atoms with E-state index < -0.39 is 0 Å². The lowest BCUT2D eigenvalue weighted by atomic mass is 10.2. The first-order valence-electron chi connectivity index (χ1n) is 2.82. The maximum atomic E-state index is 5.69. The summed E-state index contributed by atoms with van der Waals surface area (Å²) in [5, 5.41) is 0. The zero-order valence-corrected chi connectivity index (χ0v) is 10.5. The first kappa shape index (κ1) is 11.5. The number of halogens is 3. The van der Waals surface area contributed by atoms with Gasteiger partial charge >= 0.3 is 0 Å². The lowest BCUT2D eigenvalue weighted by Crippen LogP contribution is -1.91. The third kappa shape index (κ3) is 2.80. The van der Waals surface area contributed by atoms with Gasteiger partial charge in [0.2, 0.25) is 0 Å². The molecule has 0 unspecified atom stereocenters. The molecule has 1 aromatic rings. The molecule has 0 atom stereocenters. The fraction of sp³-hybridized carbons (Fsp3) is 0.143. The van der Waals surface area contributed by atoms with Crippen molar-refractivity contribution in [3.05, 3.63) is 25.7 Å². The van der Waals surface area contributed by atoms with E-state index in [0.717, 1.165) is 15.7 Å². The number of rotatable bonds is 0. The standard InChI is InChI=1S/C7H7BrIN.ClH/c1-4-6(9)2-5(8)3-7(4)10;/h2-3H,10H2,1H3;1H. The molecule has 0 fully saturated rings. The molecule has 0 aliphatic heterocycles. The Kier molecular flexibility index (Phi) is 4.74. The quantitative estimate of drug-likeness (QED) is 0.565. The molecule has 1 rings (SSSR count). The molecule has 0 aliphatic rings. The third-order valence-corrected chi connectivity index (χ3v) is 2.93. The zero-order valence-electron chi connectivity index (χ0n) is 5.90. The maximum absolute atomic E-state index is 5.69. The number of anilines is 1. The molecule has 0 heterocycles. The van der Waals surface area contributed by atoms with Gasteiger partial charge in [-0.1, -0.05) is 15.9 Å². The molecule has 0 bridgehead atoms. The second kappa shape index (κ2) is 4.52. The Morgan fingerprint density at radius 1 is 1.45 bits per heavy atom. The number of benzene rings is 1. The van der Waals surface area contributed by atoms with Gasteiger partial charge in [0.1, 0.15) is 0 Å². The lowest BCUT2D eigenvalue weighted by Gasteiger charge is -2.02. The fourth-order valence-corrected chi connectivity index (χ4v) is 2.22. The van der Waals surface area contributed by atoms with E-state index in [1.165, 1.54) is 3.57 Å². The molecule has 0 saturated carbocycles. The summed E-state index contributed by atoms with van der Waals surface area (Å²) in [5.74, 6) is 0. The highest BCUT2D eigenvalue weighted by molar-refractivity contribution is 14.1. The topological polar surface area (TPSA) is 26.0 Å². The van der Waals surface area contributed by atoms with Crippen LogP contribution in [0.25, 0.3) is 0 Å². The average molecular weight is 348 g/mol. The van der Waals surface area contributed by atoms with E-state index >= 15 is 0 Å². The first-order chi connectivity index (χ1) is 4.61. The summed E-state index contributed by atoms with van der Waals surface area (Å²) in [7, 11) is 0. The lowest BCUT2D eigenvalue weighted by molar-refractivity contribution is 1.41. The van der Waals surface area contributed by atoms with Crippen LogP contribution in [0.1, 0.15) is 5.56 Å². The van der Waals surface area contributed by atoms with Crippen LogP contribution < -0.4 is 5.73 Å². The minimum Gasteiger partial charge on any atom is -0.398 e. The molecule has 0 aliphatic carbocycles. The molecule has 1 aromatic carbocycles. The summed E-state index contributed by atoms with van der Waals surface area (Å²) in [4.78, 5) is 0. The van der Waals surface area contributed by atoms with Crippen LogP contribution in [-0.4, -0.2) is 0 Å². The minimum absolute atomic E-state index is 0. The van der Waals surface area contributed by atoms with Gasteiger partial charge in [0, 0.05) is 13.7 Å². The predicted molar refractivity (Wildman–Crippen MR) is 63.3 cm³/mol. The maximum Gasteiger partial charge on any atom is 0.0365 e. The minimum atomic E-state index is 0. The highest BCUT2D eigenvalue weighted by Gasteiger charge is 1.99. The Labute approximate surface area is 94.4 Å². The van der Waals surface area contributed by atoms with E-state index in [0.29, 0.717) is 0 Å². The van der Waals surface area contributed by atoms with Gasteiger partial charge in [0.15, 0.2) is 0 Å². The number of hydrogen-bond acceptors (Lipinski definition) is 1. The molecular weight excluding hydrogens is 340 g/mol. The predicted octanol–water partition coefficient (Wildman–Crippen LogP) is 3.37. The highest BCUT2D eigenvalue weighted by atomic mass is 127. The van der Waals surface area contributed by atoms with Gasteiger partial charge in [-0.15, -0.1) is 12.4 Å². The molecule has 0 saturated heterocycles. The van der Waals surface area contributed by atoms with Crippen molar-refractivity contribution in [3.63, 3.8) is 0 Å². The van der Waals surface area contributed by atoms with Crippen molar-refractivity contribution in [2.75, 3.05) is 5.73 Å². The third-order valence-electron chi connectivity index (χ3n) is 1.35. The summed E-state index contributed by atoms with van der Waals surface area (Å²) in [6.07, 6.45) is 0. The number of nitrogen functional groups attached to an aromatic ring is 1. The second-order valence-corrected chi connectivity index (χ2v) is 4.18. The Morgan fingerprint density at radius 3 is 2.45 bits per heavy atom. The van der Waals surface area contributed by atoms with Gasteiger partial charge in [-0.3, -0.25) is 0 Å². The Morgan fingerprint density at radius 2 is 2.00 bits per heavy atom. The Hall–Kier alpha value is 0.520. The van der Waals surface area contributed by atoms with Crippen molar-refractivity contribution < 1.29 is 0 Å². The van der Waals surface area contributed by atoms with Crippen molar-refractivity contribution in [2.24, 2.45) is 0 Å². The second-order valence-electron chi connectivity index (χ2n) is 2.10. The number of nitrogens with two attached hydrogens (primary N) is 1. The van der Waals surface area contributed by atoms with E-state index in [9.17, 15) is 0 Å². The smallest absolute Gasteiger partial charge is 0.0365 e. The van der Waals surface area contributed by atoms with Gasteiger partial charge in [0.25, 0.3) is 0 Å². The van der Waals surface area contributed by atoms with Gasteiger partial charge in [-0.05, 0) is 47.2 Å². The molecule has 0 radical (unpaired) electrons. The van der Waals surface area contributed by atoms with Crippen LogP contribution in [0.4, 0.5) is 5.69 Å².